The summed E-state index contributed by atoms with van der Waals surface area (Å²) >= 11 is 0. The van der Waals surface area contributed by atoms with Gasteiger partial charge in [-0.05, 0) is 6.42 Å². The zero-order valence-electron chi connectivity index (χ0n) is 6.23. The zero-order chi connectivity index (χ0) is 9.78. The number of aliphatic carboxylic acids is 1. The molecule has 0 spiro atoms. The Kier molecular flexibility index (Phi) is 4.10. The summed E-state index contributed by atoms with van der Waals surface area (Å²) in [6, 6.07) is -1.07. The number of hydrogen-bond donors (Lipinski definition) is 4. The van der Waals surface area contributed by atoms with E-state index >= 15 is 0 Å². The number of nitrogens with one attached hydrogen (secondary N) is 1. The van der Waals surface area contributed by atoms with E-state index in [4.69, 9.17) is 10.8 Å². The molecule has 0 saturated heterocycles. The molecule has 8 heteroatoms. The summed E-state index contributed by atoms with van der Waals surface area (Å²) in [5.41, 5.74) is 5.07. The predicted molar refractivity (Wildman–Crippen MR) is 41.3 cm³/mol. The van der Waals surface area contributed by atoms with E-state index in [9.17, 15) is 13.2 Å². The topological polar surface area (TPSA) is 136 Å². The van der Waals surface area contributed by atoms with Crippen LogP contribution in [-0.2, 0) is 15.0 Å². The Labute approximate surface area is 69.9 Å². The number of carboxylic acids is 1. The Morgan fingerprint density at radius 2 is 2.08 bits per heavy atom. The maximum Gasteiger partial charge on any atom is 0.320 e. The van der Waals surface area contributed by atoms with Gasteiger partial charge in [0.2, 0.25) is 0 Å². The predicted octanol–water partition coefficient (Wildman–Crippen LogP) is -2.42. The molecule has 0 aliphatic carbocycles. The Hall–Kier alpha value is -0.700. The fourth-order valence-electron chi connectivity index (χ4n) is 0.480. The third-order valence-corrected chi connectivity index (χ3v) is 1.68. The summed E-state index contributed by atoms with van der Waals surface area (Å²) in [4.78, 5) is 10.1. The van der Waals surface area contributed by atoms with Crippen LogP contribution in [-0.4, -0.2) is 32.1 Å². The molecule has 0 aromatic rings. The van der Waals surface area contributed by atoms with Crippen LogP contribution in [0.2, 0.25) is 0 Å². The lowest BCUT2D eigenvalue weighted by Crippen LogP contribution is -2.37. The van der Waals surface area contributed by atoms with E-state index in [1.807, 2.05) is 4.72 Å². The van der Waals surface area contributed by atoms with Crippen LogP contribution in [0.25, 0.3) is 0 Å². The van der Waals surface area contributed by atoms with Crippen molar-refractivity contribution >= 4 is 16.2 Å². The molecule has 0 fully saturated rings. The summed E-state index contributed by atoms with van der Waals surface area (Å²) in [7, 11) is -3.74. The molecule has 0 aromatic carbocycles. The highest BCUT2D eigenvalue weighted by Gasteiger charge is 2.11. The molecule has 0 aliphatic rings. The standard InChI is InChI=1S/C4H11N3O4S/c5-3(4(8)9)1-2-7-12(6,10)11/h3,7H,1-2,5H2,(H,8,9)(H2,6,10,11). The van der Waals surface area contributed by atoms with Crippen LogP contribution in [0.5, 0.6) is 0 Å². The molecule has 0 rings (SSSR count). The summed E-state index contributed by atoms with van der Waals surface area (Å²) in [5.74, 6) is -1.17. The molecule has 0 radical (unpaired) electrons. The maximum absolute atomic E-state index is 10.3. The smallest absolute Gasteiger partial charge is 0.320 e. The lowest BCUT2D eigenvalue weighted by molar-refractivity contribution is -0.138. The average Bonchev–Trinajstić information content (AvgIpc) is 1.84. The van der Waals surface area contributed by atoms with Crippen LogP contribution in [0.3, 0.4) is 0 Å². The van der Waals surface area contributed by atoms with Gasteiger partial charge in [-0.15, -0.1) is 0 Å². The normalized spacial score (nSPS) is 14.2. The molecule has 6 N–H and O–H groups in total. The number of hydrogen-bond acceptors (Lipinski definition) is 4. The lowest BCUT2D eigenvalue weighted by atomic mass is 10.2. The first-order valence-electron chi connectivity index (χ1n) is 3.08. The molecule has 0 aliphatic heterocycles. The first-order valence-corrected chi connectivity index (χ1v) is 4.63. The van der Waals surface area contributed by atoms with E-state index in [0.29, 0.717) is 0 Å². The van der Waals surface area contributed by atoms with Gasteiger partial charge in [-0.2, -0.15) is 8.42 Å². The van der Waals surface area contributed by atoms with Crippen molar-refractivity contribution in [1.29, 1.82) is 0 Å². The molecule has 72 valence electrons. The monoisotopic (exact) mass is 197 g/mol. The van der Waals surface area contributed by atoms with E-state index in [0.717, 1.165) is 0 Å². The van der Waals surface area contributed by atoms with Gasteiger partial charge in [0.25, 0.3) is 10.2 Å². The number of carbonyl (C=O) groups is 1. The van der Waals surface area contributed by atoms with Crippen molar-refractivity contribution in [3.8, 4) is 0 Å². The molecule has 0 saturated carbocycles. The first-order chi connectivity index (χ1) is 5.33. The van der Waals surface area contributed by atoms with Crippen molar-refractivity contribution in [2.45, 2.75) is 12.5 Å². The van der Waals surface area contributed by atoms with Gasteiger partial charge in [0.05, 0.1) is 0 Å². The summed E-state index contributed by atoms with van der Waals surface area (Å²) in [5, 5.41) is 12.8. The number of rotatable bonds is 5. The van der Waals surface area contributed by atoms with Gasteiger partial charge in [0.15, 0.2) is 0 Å². The number of nitrogens with two attached hydrogens (primary N) is 2. The highest BCUT2D eigenvalue weighted by molar-refractivity contribution is 7.87. The molecule has 0 heterocycles. The van der Waals surface area contributed by atoms with Crippen molar-refractivity contribution < 1.29 is 18.3 Å². The van der Waals surface area contributed by atoms with Crippen molar-refractivity contribution in [1.82, 2.24) is 4.72 Å². The molecule has 0 amide bonds. The van der Waals surface area contributed by atoms with Gasteiger partial charge in [0.1, 0.15) is 6.04 Å². The Morgan fingerprint density at radius 3 is 2.42 bits per heavy atom. The van der Waals surface area contributed by atoms with Crippen LogP contribution in [0, 0.1) is 0 Å². The highest BCUT2D eigenvalue weighted by Crippen LogP contribution is 1.85. The van der Waals surface area contributed by atoms with Crippen LogP contribution in [0.15, 0.2) is 0 Å². The maximum atomic E-state index is 10.3. The van der Waals surface area contributed by atoms with Gasteiger partial charge in [-0.1, -0.05) is 0 Å². The quantitative estimate of drug-likeness (QED) is 0.389. The summed E-state index contributed by atoms with van der Waals surface area (Å²) in [6.45, 7) is -0.0771. The first kappa shape index (κ1) is 11.3. The van der Waals surface area contributed by atoms with Gasteiger partial charge in [-0.3, -0.25) is 4.79 Å². The SMILES string of the molecule is NC(CCNS(N)(=O)=O)C(=O)O. The largest absolute Gasteiger partial charge is 0.480 e. The highest BCUT2D eigenvalue weighted by atomic mass is 32.2. The third kappa shape index (κ3) is 6.04. The van der Waals surface area contributed by atoms with Gasteiger partial charge < -0.3 is 10.8 Å². The number of carboxylic acid groups (broad SMARTS) is 1. The van der Waals surface area contributed by atoms with E-state index in [1.165, 1.54) is 0 Å². The van der Waals surface area contributed by atoms with Gasteiger partial charge >= 0.3 is 5.97 Å². The molecule has 0 aromatic heterocycles. The van der Waals surface area contributed by atoms with Crippen LogP contribution in [0.4, 0.5) is 0 Å². The average molecular weight is 197 g/mol. The second kappa shape index (κ2) is 4.36. The van der Waals surface area contributed by atoms with Crippen molar-refractivity contribution in [2.75, 3.05) is 6.54 Å². The molecule has 0 bridgehead atoms. The van der Waals surface area contributed by atoms with E-state index in [-0.39, 0.29) is 13.0 Å². The Morgan fingerprint density at radius 1 is 1.58 bits per heavy atom. The minimum absolute atomic E-state index is 0.00572. The second-order valence-electron chi connectivity index (χ2n) is 2.17. The third-order valence-electron chi connectivity index (χ3n) is 1.08. The van der Waals surface area contributed by atoms with E-state index in [2.05, 4.69) is 5.14 Å². The zero-order valence-corrected chi connectivity index (χ0v) is 7.04. The molecular formula is C4H11N3O4S. The van der Waals surface area contributed by atoms with Gasteiger partial charge in [-0.25, -0.2) is 9.86 Å². The van der Waals surface area contributed by atoms with Crippen molar-refractivity contribution in [2.24, 2.45) is 10.9 Å². The lowest BCUT2D eigenvalue weighted by Gasteiger charge is -2.05. The van der Waals surface area contributed by atoms with Crippen molar-refractivity contribution in [3.05, 3.63) is 0 Å². The molecule has 1 atom stereocenters. The van der Waals surface area contributed by atoms with Crippen LogP contribution < -0.4 is 15.6 Å². The minimum Gasteiger partial charge on any atom is -0.480 e. The molecule has 12 heavy (non-hydrogen) atoms. The summed E-state index contributed by atoms with van der Waals surface area (Å²) in [6.07, 6.45) is 0.00572. The summed E-state index contributed by atoms with van der Waals surface area (Å²) < 4.78 is 22.4. The Balaban J connectivity index is 3.65. The minimum atomic E-state index is -3.74. The van der Waals surface area contributed by atoms with E-state index < -0.39 is 22.2 Å². The molecule has 7 nitrogen and oxygen atoms in total. The van der Waals surface area contributed by atoms with Crippen molar-refractivity contribution in [3.63, 3.8) is 0 Å². The second-order valence-corrected chi connectivity index (χ2v) is 3.55. The molecular weight excluding hydrogens is 186 g/mol. The Bertz CT molecular complexity index is 249. The van der Waals surface area contributed by atoms with E-state index in [1.54, 1.807) is 0 Å². The van der Waals surface area contributed by atoms with Crippen LogP contribution >= 0.6 is 0 Å². The van der Waals surface area contributed by atoms with Gasteiger partial charge in [0, 0.05) is 6.54 Å². The fourth-order valence-corrected chi connectivity index (χ4v) is 0.883. The fraction of sp³-hybridized carbons (Fsp3) is 0.750. The molecule has 1 unspecified atom stereocenters. The van der Waals surface area contributed by atoms with Crippen LogP contribution in [0.1, 0.15) is 6.42 Å².